The maximum absolute atomic E-state index is 13.6. The summed E-state index contributed by atoms with van der Waals surface area (Å²) in [4.78, 5) is 0. The molecule has 0 bridgehead atoms. The Morgan fingerprint density at radius 3 is 2.32 bits per heavy atom. The summed E-state index contributed by atoms with van der Waals surface area (Å²) in [5.41, 5.74) is 0.649. The lowest BCUT2D eigenvalue weighted by Gasteiger charge is -2.08. The first-order valence-corrected chi connectivity index (χ1v) is 7.49. The van der Waals surface area contributed by atoms with Crippen LogP contribution in [0.3, 0.4) is 0 Å². The molecule has 0 saturated heterocycles. The van der Waals surface area contributed by atoms with Crippen molar-refractivity contribution < 1.29 is 13.5 Å². The summed E-state index contributed by atoms with van der Waals surface area (Å²) >= 11 is 2.27. The van der Waals surface area contributed by atoms with E-state index in [0.29, 0.717) is 23.5 Å². The van der Waals surface area contributed by atoms with Crippen LogP contribution in [0.5, 0.6) is 11.5 Å². The third kappa shape index (κ3) is 4.16. The van der Waals surface area contributed by atoms with Crippen molar-refractivity contribution in [3.05, 3.63) is 59.7 Å². The van der Waals surface area contributed by atoms with Crippen LogP contribution in [0.15, 0.2) is 42.5 Å². The largest absolute Gasteiger partial charge is 0.457 e. The number of ether oxygens (including phenoxy) is 1. The van der Waals surface area contributed by atoms with Gasteiger partial charge in [0.25, 0.3) is 0 Å². The van der Waals surface area contributed by atoms with E-state index in [0.717, 1.165) is 10.8 Å². The topological polar surface area (TPSA) is 9.23 Å². The van der Waals surface area contributed by atoms with E-state index in [9.17, 15) is 8.78 Å². The van der Waals surface area contributed by atoms with Crippen molar-refractivity contribution in [1.29, 1.82) is 0 Å². The van der Waals surface area contributed by atoms with Gasteiger partial charge < -0.3 is 4.74 Å². The number of hydrogen-bond donors (Lipinski definition) is 0. The zero-order chi connectivity index (χ0) is 13.7. The lowest BCUT2D eigenvalue weighted by molar-refractivity contribution is 0.477. The van der Waals surface area contributed by atoms with Gasteiger partial charge in [0.2, 0.25) is 0 Å². The van der Waals surface area contributed by atoms with Crippen molar-refractivity contribution in [2.24, 2.45) is 0 Å². The van der Waals surface area contributed by atoms with Gasteiger partial charge in [-0.1, -0.05) is 22.6 Å². The molecule has 0 amide bonds. The minimum absolute atomic E-state index is 0.212. The SMILES string of the molecule is Fc1ccc(Oc2ccc(F)c(CCCI)c2)cc1. The van der Waals surface area contributed by atoms with Gasteiger partial charge in [-0.05, 0) is 65.3 Å². The molecule has 1 nitrogen and oxygen atoms in total. The number of benzene rings is 2. The van der Waals surface area contributed by atoms with E-state index in [4.69, 9.17) is 4.74 Å². The second kappa shape index (κ2) is 6.84. The first-order chi connectivity index (χ1) is 9.19. The first kappa shape index (κ1) is 14.2. The summed E-state index contributed by atoms with van der Waals surface area (Å²) in [7, 11) is 0. The predicted molar refractivity (Wildman–Crippen MR) is 80.1 cm³/mol. The monoisotopic (exact) mass is 374 g/mol. The van der Waals surface area contributed by atoms with Crippen LogP contribution < -0.4 is 4.74 Å². The third-order valence-corrected chi connectivity index (χ3v) is 3.41. The van der Waals surface area contributed by atoms with Gasteiger partial charge in [0.1, 0.15) is 23.1 Å². The summed E-state index contributed by atoms with van der Waals surface area (Å²) in [5.74, 6) is 0.579. The molecule has 100 valence electrons. The fourth-order valence-electron chi connectivity index (χ4n) is 1.70. The average molecular weight is 374 g/mol. The van der Waals surface area contributed by atoms with E-state index >= 15 is 0 Å². The maximum Gasteiger partial charge on any atom is 0.127 e. The Bertz CT molecular complexity index is 540. The minimum atomic E-state index is -0.311. The molecule has 2 aromatic carbocycles. The number of rotatable bonds is 5. The summed E-state index contributed by atoms with van der Waals surface area (Å²) in [5, 5.41) is 0. The van der Waals surface area contributed by atoms with E-state index in [1.807, 2.05) is 0 Å². The molecule has 0 saturated carbocycles. The van der Waals surface area contributed by atoms with Gasteiger partial charge in [0.15, 0.2) is 0 Å². The van der Waals surface area contributed by atoms with Crippen LogP contribution in [-0.2, 0) is 6.42 Å². The van der Waals surface area contributed by atoms with Crippen molar-refractivity contribution in [1.82, 2.24) is 0 Å². The van der Waals surface area contributed by atoms with E-state index in [2.05, 4.69) is 22.6 Å². The Morgan fingerprint density at radius 1 is 0.947 bits per heavy atom. The smallest absolute Gasteiger partial charge is 0.127 e. The molecule has 2 rings (SSSR count). The quantitative estimate of drug-likeness (QED) is 0.521. The van der Waals surface area contributed by atoms with Gasteiger partial charge >= 0.3 is 0 Å². The molecular weight excluding hydrogens is 361 g/mol. The fraction of sp³-hybridized carbons (Fsp3) is 0.200. The van der Waals surface area contributed by atoms with Crippen LogP contribution in [0.4, 0.5) is 8.78 Å². The van der Waals surface area contributed by atoms with Crippen molar-refractivity contribution in [3.8, 4) is 11.5 Å². The maximum atomic E-state index is 13.6. The second-order valence-corrected chi connectivity index (χ2v) is 5.18. The fourth-order valence-corrected chi connectivity index (χ4v) is 2.08. The highest BCUT2D eigenvalue weighted by Gasteiger charge is 2.05. The molecule has 0 N–H and O–H groups in total. The molecule has 0 aliphatic heterocycles. The second-order valence-electron chi connectivity index (χ2n) is 4.10. The normalized spacial score (nSPS) is 10.5. The van der Waals surface area contributed by atoms with Crippen molar-refractivity contribution in [2.75, 3.05) is 4.43 Å². The summed E-state index contributed by atoms with van der Waals surface area (Å²) < 4.78 is 32.9. The summed E-state index contributed by atoms with van der Waals surface area (Å²) in [6, 6.07) is 10.4. The Labute approximate surface area is 124 Å². The third-order valence-electron chi connectivity index (χ3n) is 2.65. The van der Waals surface area contributed by atoms with Gasteiger partial charge in [-0.3, -0.25) is 0 Å². The molecule has 0 aliphatic carbocycles. The van der Waals surface area contributed by atoms with Crippen LogP contribution in [0.25, 0.3) is 0 Å². The number of aryl methyl sites for hydroxylation is 1. The van der Waals surface area contributed by atoms with Crippen molar-refractivity contribution in [3.63, 3.8) is 0 Å². The molecule has 0 aromatic heterocycles. The van der Waals surface area contributed by atoms with E-state index in [1.54, 1.807) is 24.3 Å². The average Bonchev–Trinajstić information content (AvgIpc) is 2.42. The highest BCUT2D eigenvalue weighted by atomic mass is 127. The number of alkyl halides is 1. The molecule has 0 fully saturated rings. The Kier molecular flexibility index (Phi) is 5.13. The molecule has 0 unspecified atom stereocenters. The molecule has 0 aliphatic rings. The van der Waals surface area contributed by atoms with Crippen LogP contribution in [0.1, 0.15) is 12.0 Å². The van der Waals surface area contributed by atoms with E-state index in [-0.39, 0.29) is 11.6 Å². The molecule has 0 atom stereocenters. The highest BCUT2D eigenvalue weighted by molar-refractivity contribution is 14.1. The lowest BCUT2D eigenvalue weighted by atomic mass is 10.1. The predicted octanol–water partition coefficient (Wildman–Crippen LogP) is 5.12. The van der Waals surface area contributed by atoms with Crippen molar-refractivity contribution in [2.45, 2.75) is 12.8 Å². The van der Waals surface area contributed by atoms with Gasteiger partial charge in [-0.2, -0.15) is 0 Å². The van der Waals surface area contributed by atoms with Gasteiger partial charge in [-0.25, -0.2) is 8.78 Å². The first-order valence-electron chi connectivity index (χ1n) is 5.97. The van der Waals surface area contributed by atoms with Gasteiger partial charge in [-0.15, -0.1) is 0 Å². The Morgan fingerprint density at radius 2 is 1.63 bits per heavy atom. The van der Waals surface area contributed by atoms with Gasteiger partial charge in [0.05, 0.1) is 0 Å². The molecule has 0 spiro atoms. The highest BCUT2D eigenvalue weighted by Crippen LogP contribution is 2.24. The van der Waals surface area contributed by atoms with Crippen LogP contribution in [0, 0.1) is 11.6 Å². The Balaban J connectivity index is 2.14. The molecule has 2 aromatic rings. The van der Waals surface area contributed by atoms with E-state index < -0.39 is 0 Å². The van der Waals surface area contributed by atoms with E-state index in [1.165, 1.54) is 18.2 Å². The zero-order valence-corrected chi connectivity index (χ0v) is 12.4. The Hall–Kier alpha value is -1.17. The van der Waals surface area contributed by atoms with Crippen molar-refractivity contribution >= 4 is 22.6 Å². The van der Waals surface area contributed by atoms with Crippen LogP contribution >= 0.6 is 22.6 Å². The zero-order valence-electron chi connectivity index (χ0n) is 10.2. The lowest BCUT2D eigenvalue weighted by Crippen LogP contribution is -1.93. The number of hydrogen-bond acceptors (Lipinski definition) is 1. The molecular formula is C15H13F2IO. The van der Waals surface area contributed by atoms with Gasteiger partial charge in [0, 0.05) is 0 Å². The molecule has 4 heteroatoms. The van der Waals surface area contributed by atoms with Crippen LogP contribution in [-0.4, -0.2) is 4.43 Å². The summed E-state index contributed by atoms with van der Waals surface area (Å²) in [6.45, 7) is 0. The molecule has 19 heavy (non-hydrogen) atoms. The minimum Gasteiger partial charge on any atom is -0.457 e. The molecule has 0 radical (unpaired) electrons. The summed E-state index contributed by atoms with van der Waals surface area (Å²) in [6.07, 6.45) is 1.62. The molecule has 0 heterocycles. The van der Waals surface area contributed by atoms with Crippen LogP contribution in [0.2, 0.25) is 0 Å². The number of halogens is 3. The standard InChI is InChI=1S/C15H13F2IO/c16-12-3-5-13(6-4-12)19-14-7-8-15(17)11(10-14)2-1-9-18/h3-8,10H,1-2,9H2.